The van der Waals surface area contributed by atoms with E-state index in [1.54, 1.807) is 24.5 Å². The molecule has 108 valence electrons. The summed E-state index contributed by atoms with van der Waals surface area (Å²) in [7, 11) is 0. The molecule has 0 aliphatic carbocycles. The first-order valence-electron chi connectivity index (χ1n) is 6.56. The molecule has 4 rings (SSSR count). The Balaban J connectivity index is 1.78. The average Bonchev–Trinajstić information content (AvgIpc) is 2.92. The number of pyridine rings is 1. The van der Waals surface area contributed by atoms with Gasteiger partial charge in [0.05, 0.1) is 17.1 Å². The lowest BCUT2D eigenvalue weighted by Crippen LogP contribution is -2.23. The Kier molecular flexibility index (Phi) is 3.00. The molecule has 0 saturated heterocycles. The average molecular weight is 357 g/mol. The Morgan fingerprint density at radius 2 is 2.14 bits per heavy atom. The Bertz CT molecular complexity index is 1050. The van der Waals surface area contributed by atoms with Gasteiger partial charge in [-0.15, -0.1) is 0 Å². The smallest absolute Gasteiger partial charge is 0.276 e. The zero-order chi connectivity index (χ0) is 15.1. The number of benzene rings is 1. The summed E-state index contributed by atoms with van der Waals surface area (Å²) in [5, 5.41) is 4.65. The summed E-state index contributed by atoms with van der Waals surface area (Å²) in [5.41, 5.74) is 1.77. The van der Waals surface area contributed by atoms with Crippen molar-refractivity contribution in [2.24, 2.45) is 0 Å². The minimum absolute atomic E-state index is 0.177. The van der Waals surface area contributed by atoms with Gasteiger partial charge >= 0.3 is 0 Å². The molecule has 4 aromatic rings. The van der Waals surface area contributed by atoms with E-state index in [1.807, 2.05) is 18.2 Å². The van der Waals surface area contributed by atoms with E-state index in [0.717, 1.165) is 9.99 Å². The van der Waals surface area contributed by atoms with Crippen LogP contribution < -0.4 is 5.56 Å². The van der Waals surface area contributed by atoms with Crippen molar-refractivity contribution in [1.82, 2.24) is 19.7 Å². The number of oxazole rings is 1. The van der Waals surface area contributed by atoms with Crippen LogP contribution in [0.4, 0.5) is 0 Å². The van der Waals surface area contributed by atoms with Crippen LogP contribution in [0.1, 0.15) is 5.89 Å². The van der Waals surface area contributed by atoms with Crippen LogP contribution >= 0.6 is 15.9 Å². The van der Waals surface area contributed by atoms with Gasteiger partial charge in [0.2, 0.25) is 5.89 Å². The van der Waals surface area contributed by atoms with E-state index in [4.69, 9.17) is 4.42 Å². The molecule has 0 atom stereocenters. The zero-order valence-electron chi connectivity index (χ0n) is 11.2. The second-order valence-electron chi connectivity index (χ2n) is 4.76. The highest BCUT2D eigenvalue weighted by Gasteiger charge is 2.10. The highest BCUT2D eigenvalue weighted by atomic mass is 79.9. The number of halogens is 1. The molecule has 0 saturated carbocycles. The van der Waals surface area contributed by atoms with Crippen molar-refractivity contribution in [3.05, 3.63) is 63.4 Å². The van der Waals surface area contributed by atoms with Crippen molar-refractivity contribution in [3.63, 3.8) is 0 Å². The molecule has 0 amide bonds. The molecule has 0 unspecified atom stereocenters. The summed E-state index contributed by atoms with van der Waals surface area (Å²) in [6.45, 7) is 0.177. The molecular weight excluding hydrogens is 348 g/mol. The maximum absolute atomic E-state index is 12.4. The van der Waals surface area contributed by atoms with E-state index >= 15 is 0 Å². The normalized spacial score (nSPS) is 11.3. The van der Waals surface area contributed by atoms with Crippen molar-refractivity contribution < 1.29 is 4.42 Å². The quantitative estimate of drug-likeness (QED) is 0.552. The number of rotatable bonds is 2. The van der Waals surface area contributed by atoms with E-state index in [1.165, 1.54) is 4.68 Å². The first-order valence-corrected chi connectivity index (χ1v) is 7.36. The molecule has 0 radical (unpaired) electrons. The molecule has 1 aromatic carbocycles. The third-order valence-corrected chi connectivity index (χ3v) is 3.79. The molecule has 0 bridgehead atoms. The highest BCUT2D eigenvalue weighted by Crippen LogP contribution is 2.20. The molecule has 0 aliphatic heterocycles. The van der Waals surface area contributed by atoms with E-state index in [-0.39, 0.29) is 12.1 Å². The monoisotopic (exact) mass is 356 g/mol. The van der Waals surface area contributed by atoms with E-state index in [0.29, 0.717) is 22.4 Å². The topological polar surface area (TPSA) is 73.8 Å². The van der Waals surface area contributed by atoms with Gasteiger partial charge in [0.25, 0.3) is 5.56 Å². The minimum atomic E-state index is -0.214. The Labute approximate surface area is 132 Å². The third kappa shape index (κ3) is 2.19. The van der Waals surface area contributed by atoms with Gasteiger partial charge in [0.15, 0.2) is 5.58 Å². The molecule has 0 N–H and O–H groups in total. The second kappa shape index (κ2) is 5.03. The number of aromatic nitrogens is 4. The van der Waals surface area contributed by atoms with Gasteiger partial charge in [-0.25, -0.2) is 9.67 Å². The number of hydrogen-bond donors (Lipinski definition) is 0. The second-order valence-corrected chi connectivity index (χ2v) is 5.68. The number of fused-ring (bicyclic) bond motifs is 2. The predicted octanol–water partition coefficient (Wildman–Crippen LogP) is 2.74. The Hall–Kier alpha value is -2.54. The summed E-state index contributed by atoms with van der Waals surface area (Å²) in [4.78, 5) is 20.9. The summed E-state index contributed by atoms with van der Waals surface area (Å²) in [5.74, 6) is 0.436. The summed E-state index contributed by atoms with van der Waals surface area (Å²) >= 11 is 3.39. The largest absolute Gasteiger partial charge is 0.439 e. The van der Waals surface area contributed by atoms with Crippen LogP contribution in [0.15, 0.2) is 56.4 Å². The predicted molar refractivity (Wildman–Crippen MR) is 84.6 cm³/mol. The minimum Gasteiger partial charge on any atom is -0.439 e. The lowest BCUT2D eigenvalue weighted by Gasteiger charge is -2.02. The molecule has 3 heterocycles. The molecule has 0 fully saturated rings. The van der Waals surface area contributed by atoms with Crippen LogP contribution in [0.5, 0.6) is 0 Å². The van der Waals surface area contributed by atoms with E-state index < -0.39 is 0 Å². The van der Waals surface area contributed by atoms with Gasteiger partial charge < -0.3 is 4.42 Å². The fraction of sp³-hybridized carbons (Fsp3) is 0.0667. The van der Waals surface area contributed by atoms with Crippen molar-refractivity contribution in [2.75, 3.05) is 0 Å². The number of hydrogen-bond acceptors (Lipinski definition) is 5. The van der Waals surface area contributed by atoms with Gasteiger partial charge in [-0.05, 0) is 30.3 Å². The summed E-state index contributed by atoms with van der Waals surface area (Å²) in [6.07, 6.45) is 3.20. The first kappa shape index (κ1) is 13.1. The van der Waals surface area contributed by atoms with E-state index in [9.17, 15) is 4.79 Å². The van der Waals surface area contributed by atoms with Gasteiger partial charge in [0.1, 0.15) is 12.1 Å². The maximum Gasteiger partial charge on any atom is 0.276 e. The molecule has 0 spiro atoms. The first-order chi connectivity index (χ1) is 10.7. The molecular formula is C15H9BrN4O2. The van der Waals surface area contributed by atoms with Crippen LogP contribution in [-0.4, -0.2) is 19.7 Å². The van der Waals surface area contributed by atoms with Crippen molar-refractivity contribution in [3.8, 4) is 0 Å². The molecule has 7 heteroatoms. The number of nitrogens with zero attached hydrogens (tertiary/aromatic N) is 4. The van der Waals surface area contributed by atoms with Gasteiger partial charge in [0, 0.05) is 10.7 Å². The maximum atomic E-state index is 12.4. The highest BCUT2D eigenvalue weighted by molar-refractivity contribution is 9.10. The standard InChI is InChI=1S/C15H9BrN4O2/c16-9-3-4-13-11(6-9)19-14(22-13)8-20-15(21)10-2-1-5-17-12(10)7-18-20/h1-7H,8H2. The van der Waals surface area contributed by atoms with Crippen LogP contribution in [0, 0.1) is 0 Å². The molecule has 6 nitrogen and oxygen atoms in total. The summed E-state index contributed by atoms with van der Waals surface area (Å²) < 4.78 is 7.89. The lowest BCUT2D eigenvalue weighted by atomic mass is 10.3. The van der Waals surface area contributed by atoms with Gasteiger partial charge in [-0.3, -0.25) is 9.78 Å². The summed E-state index contributed by atoms with van der Waals surface area (Å²) in [6, 6.07) is 9.03. The van der Waals surface area contributed by atoms with Gasteiger partial charge in [-0.2, -0.15) is 5.10 Å². The fourth-order valence-corrected chi connectivity index (χ4v) is 2.62. The van der Waals surface area contributed by atoms with Crippen LogP contribution in [0.2, 0.25) is 0 Å². The van der Waals surface area contributed by atoms with Crippen molar-refractivity contribution in [2.45, 2.75) is 6.54 Å². The molecule has 0 aliphatic rings. The van der Waals surface area contributed by atoms with Crippen molar-refractivity contribution in [1.29, 1.82) is 0 Å². The Morgan fingerprint density at radius 1 is 1.23 bits per heavy atom. The fourth-order valence-electron chi connectivity index (χ4n) is 2.27. The Morgan fingerprint density at radius 3 is 3.05 bits per heavy atom. The third-order valence-electron chi connectivity index (χ3n) is 3.30. The zero-order valence-corrected chi connectivity index (χ0v) is 12.8. The van der Waals surface area contributed by atoms with Crippen molar-refractivity contribution >= 4 is 37.9 Å². The molecule has 22 heavy (non-hydrogen) atoms. The van der Waals surface area contributed by atoms with Gasteiger partial charge in [-0.1, -0.05) is 15.9 Å². The molecule has 3 aromatic heterocycles. The van der Waals surface area contributed by atoms with Crippen LogP contribution in [0.25, 0.3) is 22.0 Å². The van der Waals surface area contributed by atoms with E-state index in [2.05, 4.69) is 31.0 Å². The van der Waals surface area contributed by atoms with Crippen LogP contribution in [-0.2, 0) is 6.54 Å². The lowest BCUT2D eigenvalue weighted by molar-refractivity contribution is 0.483. The SMILES string of the molecule is O=c1c2cccnc2cnn1Cc1nc2cc(Br)ccc2o1. The van der Waals surface area contributed by atoms with Crippen LogP contribution in [0.3, 0.4) is 0 Å².